The van der Waals surface area contributed by atoms with Crippen LogP contribution in [0.1, 0.15) is 73.1 Å². The lowest BCUT2D eigenvalue weighted by Crippen LogP contribution is -2.25. The molecule has 176 valence electrons. The fourth-order valence-electron chi connectivity index (χ4n) is 3.55. The summed E-state index contributed by atoms with van der Waals surface area (Å²) in [6.45, 7) is 10.6. The number of aromatic nitrogens is 1. The molecule has 2 rings (SSSR count). The lowest BCUT2D eigenvalue weighted by molar-refractivity contribution is -0.384. The molecule has 0 spiro atoms. The number of nitro benzene ring substituents is 1. The molecule has 0 bridgehead atoms. The number of allylic oxidation sites excluding steroid dienone is 1. The van der Waals surface area contributed by atoms with Gasteiger partial charge in [-0.25, -0.2) is 0 Å². The first-order valence-electron chi connectivity index (χ1n) is 11.5. The van der Waals surface area contributed by atoms with Gasteiger partial charge in [0.1, 0.15) is 6.61 Å². The second kappa shape index (κ2) is 12.3. The second-order valence-electron chi connectivity index (χ2n) is 8.60. The van der Waals surface area contributed by atoms with E-state index in [9.17, 15) is 14.9 Å². The quantitative estimate of drug-likeness (QED) is 0.154. The van der Waals surface area contributed by atoms with Crippen LogP contribution < -0.4 is 15.0 Å². The number of ether oxygens (including phenoxy) is 2. The lowest BCUT2D eigenvalue weighted by atomic mass is 10.1. The molecule has 1 aromatic carbocycles. The van der Waals surface area contributed by atoms with Crippen molar-refractivity contribution in [3.05, 3.63) is 50.3 Å². The Bertz CT molecular complexity index is 1000. The first-order chi connectivity index (χ1) is 15.3. The Balaban J connectivity index is 2.56. The molecule has 0 aliphatic heterocycles. The van der Waals surface area contributed by atoms with Gasteiger partial charge in [0.25, 0.3) is 11.2 Å². The van der Waals surface area contributed by atoms with Crippen molar-refractivity contribution >= 4 is 16.6 Å². The van der Waals surface area contributed by atoms with Crippen molar-refractivity contribution in [1.29, 1.82) is 0 Å². The number of unbranched alkanes of at least 4 members (excludes halogenated alkanes) is 5. The number of hydrogen-bond acceptors (Lipinski definition) is 5. The Morgan fingerprint density at radius 3 is 2.44 bits per heavy atom. The van der Waals surface area contributed by atoms with Crippen molar-refractivity contribution in [2.75, 3.05) is 6.61 Å². The van der Waals surface area contributed by atoms with E-state index in [0.717, 1.165) is 24.8 Å². The van der Waals surface area contributed by atoms with Crippen LogP contribution in [-0.2, 0) is 6.54 Å². The summed E-state index contributed by atoms with van der Waals surface area (Å²) < 4.78 is 13.5. The average Bonchev–Trinajstić information content (AvgIpc) is 2.73. The minimum atomic E-state index is -0.443. The van der Waals surface area contributed by atoms with Crippen LogP contribution in [0.5, 0.6) is 11.5 Å². The Hall–Kier alpha value is -2.83. The number of nitro groups is 1. The summed E-state index contributed by atoms with van der Waals surface area (Å²) in [5.41, 5.74) is 1.22. The minimum Gasteiger partial charge on any atom is -0.485 e. The van der Waals surface area contributed by atoms with Gasteiger partial charge in [0, 0.05) is 24.1 Å². The summed E-state index contributed by atoms with van der Waals surface area (Å²) in [7, 11) is 0. The molecule has 1 aromatic heterocycles. The highest BCUT2D eigenvalue weighted by Crippen LogP contribution is 2.35. The van der Waals surface area contributed by atoms with E-state index in [1.165, 1.54) is 31.4 Å². The molecule has 0 atom stereocenters. The highest BCUT2D eigenvalue weighted by molar-refractivity contribution is 5.89. The summed E-state index contributed by atoms with van der Waals surface area (Å²) in [4.78, 5) is 24.4. The molecule has 0 unspecified atom stereocenters. The third kappa shape index (κ3) is 6.84. The molecule has 7 heteroatoms. The van der Waals surface area contributed by atoms with Crippen LogP contribution in [-0.4, -0.2) is 22.2 Å². The zero-order chi connectivity index (χ0) is 23.7. The molecule has 7 nitrogen and oxygen atoms in total. The van der Waals surface area contributed by atoms with E-state index in [1.807, 2.05) is 33.8 Å². The molecule has 0 amide bonds. The zero-order valence-electron chi connectivity index (χ0n) is 20.0. The van der Waals surface area contributed by atoms with E-state index in [4.69, 9.17) is 9.47 Å². The number of non-ortho nitro benzene ring substituents is 1. The first-order valence-corrected chi connectivity index (χ1v) is 11.5. The Kier molecular flexibility index (Phi) is 9.75. The molecule has 2 aromatic rings. The topological polar surface area (TPSA) is 83.6 Å². The third-order valence-corrected chi connectivity index (χ3v) is 5.18. The minimum absolute atomic E-state index is 0.0543. The summed E-state index contributed by atoms with van der Waals surface area (Å²) in [5.74, 6) is 0.500. The van der Waals surface area contributed by atoms with Gasteiger partial charge in [0.15, 0.2) is 5.75 Å². The van der Waals surface area contributed by atoms with Gasteiger partial charge in [-0.3, -0.25) is 14.9 Å². The first kappa shape index (κ1) is 25.4. The molecule has 0 fully saturated rings. The highest BCUT2D eigenvalue weighted by Gasteiger charge is 2.22. The molecule has 0 aliphatic carbocycles. The smallest absolute Gasteiger partial charge is 0.297 e. The number of rotatable bonds is 13. The van der Waals surface area contributed by atoms with Crippen molar-refractivity contribution in [1.82, 2.24) is 4.57 Å². The van der Waals surface area contributed by atoms with Gasteiger partial charge in [0.2, 0.25) is 5.75 Å². The molecule has 1 heterocycles. The summed E-state index contributed by atoms with van der Waals surface area (Å²) in [6.07, 6.45) is 8.19. The van der Waals surface area contributed by atoms with Crippen LogP contribution in [0.3, 0.4) is 0 Å². The number of aryl methyl sites for hydroxylation is 1. The Morgan fingerprint density at radius 2 is 1.81 bits per heavy atom. The predicted molar refractivity (Wildman–Crippen MR) is 129 cm³/mol. The lowest BCUT2D eigenvalue weighted by Gasteiger charge is -2.19. The number of benzene rings is 1. The van der Waals surface area contributed by atoms with Gasteiger partial charge >= 0.3 is 0 Å². The maximum Gasteiger partial charge on any atom is 0.297 e. The van der Waals surface area contributed by atoms with Crippen LogP contribution in [0.4, 0.5) is 5.69 Å². The van der Waals surface area contributed by atoms with Crippen LogP contribution >= 0.6 is 0 Å². The number of pyridine rings is 1. The van der Waals surface area contributed by atoms with Gasteiger partial charge in [-0.2, -0.15) is 0 Å². The van der Waals surface area contributed by atoms with Crippen molar-refractivity contribution in [2.45, 2.75) is 85.8 Å². The van der Waals surface area contributed by atoms with Crippen molar-refractivity contribution < 1.29 is 14.4 Å². The van der Waals surface area contributed by atoms with Crippen molar-refractivity contribution in [3.63, 3.8) is 0 Å². The summed E-state index contributed by atoms with van der Waals surface area (Å²) >= 11 is 0. The zero-order valence-corrected chi connectivity index (χ0v) is 20.0. The molecule has 0 saturated carbocycles. The fraction of sp³-hybridized carbons (Fsp3) is 0.560. The maximum absolute atomic E-state index is 13.5. The highest BCUT2D eigenvalue weighted by atomic mass is 16.6. The second-order valence-corrected chi connectivity index (χ2v) is 8.60. The average molecular weight is 445 g/mol. The molecule has 0 saturated heterocycles. The van der Waals surface area contributed by atoms with Gasteiger partial charge in [-0.05, 0) is 46.3 Å². The number of hydrogen-bond donors (Lipinski definition) is 0. The van der Waals surface area contributed by atoms with Crippen LogP contribution in [0.2, 0.25) is 0 Å². The number of fused-ring (bicyclic) bond motifs is 1. The van der Waals surface area contributed by atoms with Crippen molar-refractivity contribution in [2.24, 2.45) is 0 Å². The molecule has 32 heavy (non-hydrogen) atoms. The SMILES string of the molecule is CCCCCCCCn1c(=O)c(OC(C)C)c(OCC=C(C)C)c2ccc([N+](=O)[O-])cc21. The Morgan fingerprint density at radius 1 is 1.12 bits per heavy atom. The van der Waals surface area contributed by atoms with Gasteiger partial charge in [0.05, 0.1) is 16.5 Å². The molecule has 0 aliphatic rings. The normalized spacial score (nSPS) is 11.1. The monoisotopic (exact) mass is 444 g/mol. The fourth-order valence-corrected chi connectivity index (χ4v) is 3.55. The largest absolute Gasteiger partial charge is 0.485 e. The van der Waals surface area contributed by atoms with E-state index in [2.05, 4.69) is 6.92 Å². The summed E-state index contributed by atoms with van der Waals surface area (Å²) in [5, 5.41) is 12.0. The van der Waals surface area contributed by atoms with Crippen molar-refractivity contribution in [3.8, 4) is 11.5 Å². The Labute approximate surface area is 190 Å². The molecular weight excluding hydrogens is 408 g/mol. The van der Waals surface area contributed by atoms with E-state index < -0.39 is 4.92 Å². The molecule has 0 N–H and O–H groups in total. The number of nitrogens with zero attached hydrogens (tertiary/aromatic N) is 2. The summed E-state index contributed by atoms with van der Waals surface area (Å²) in [6, 6.07) is 4.55. The predicted octanol–water partition coefficient (Wildman–Crippen LogP) is 6.40. The van der Waals surface area contributed by atoms with E-state index in [1.54, 1.807) is 10.6 Å². The standard InChI is InChI=1S/C25H36N2O5/c1-6-7-8-9-10-11-15-26-22-17-20(27(29)30)12-13-21(22)23(31-16-14-18(2)3)24(25(26)28)32-19(4)5/h12-14,17,19H,6-11,15-16H2,1-5H3. The maximum atomic E-state index is 13.5. The van der Waals surface area contributed by atoms with E-state index >= 15 is 0 Å². The van der Waals surface area contributed by atoms with Crippen LogP contribution in [0, 0.1) is 10.1 Å². The van der Waals surface area contributed by atoms with Gasteiger partial charge in [-0.15, -0.1) is 0 Å². The molecule has 0 radical (unpaired) electrons. The van der Waals surface area contributed by atoms with E-state index in [0.29, 0.717) is 23.2 Å². The van der Waals surface area contributed by atoms with E-state index in [-0.39, 0.29) is 29.7 Å². The molecular formula is C25H36N2O5. The van der Waals surface area contributed by atoms with Gasteiger partial charge in [-0.1, -0.05) is 44.6 Å². The van der Waals surface area contributed by atoms with Crippen LogP contribution in [0.15, 0.2) is 34.6 Å². The van der Waals surface area contributed by atoms with Gasteiger partial charge < -0.3 is 14.0 Å². The third-order valence-electron chi connectivity index (χ3n) is 5.18. The van der Waals surface area contributed by atoms with Crippen LogP contribution in [0.25, 0.3) is 10.9 Å².